The number of carbonyl (C=O) groups excluding carboxylic acids is 2. The standard InChI is InChI=1S/C19H30N2O2/c22-17(15-6-7-15)20-11-4-5-16(13-20)18(23)21-12-10-19(14-21)8-2-1-3-9-19/h15-16H,1-14H2. The van der Waals surface area contributed by atoms with Crippen molar-refractivity contribution < 1.29 is 9.59 Å². The molecule has 1 spiro atoms. The van der Waals surface area contributed by atoms with Crippen molar-refractivity contribution in [2.24, 2.45) is 17.3 Å². The Morgan fingerprint density at radius 2 is 1.48 bits per heavy atom. The first-order valence-electron chi connectivity index (χ1n) is 9.74. The number of nitrogens with zero attached hydrogens (tertiary/aromatic N) is 2. The van der Waals surface area contributed by atoms with E-state index in [9.17, 15) is 9.59 Å². The topological polar surface area (TPSA) is 40.6 Å². The third-order valence-electron chi connectivity index (χ3n) is 6.67. The molecule has 23 heavy (non-hydrogen) atoms. The SMILES string of the molecule is O=C(C1CC1)N1CCCC(C(=O)N2CCC3(CCCCC3)C2)C1. The maximum Gasteiger partial charge on any atom is 0.227 e. The summed E-state index contributed by atoms with van der Waals surface area (Å²) < 4.78 is 0. The van der Waals surface area contributed by atoms with Gasteiger partial charge < -0.3 is 9.80 Å². The van der Waals surface area contributed by atoms with Gasteiger partial charge in [-0.2, -0.15) is 0 Å². The Morgan fingerprint density at radius 1 is 0.739 bits per heavy atom. The van der Waals surface area contributed by atoms with Gasteiger partial charge >= 0.3 is 0 Å². The van der Waals surface area contributed by atoms with Crippen LogP contribution in [0.2, 0.25) is 0 Å². The highest BCUT2D eigenvalue weighted by molar-refractivity contribution is 5.83. The largest absolute Gasteiger partial charge is 0.342 e. The maximum atomic E-state index is 13.0. The summed E-state index contributed by atoms with van der Waals surface area (Å²) in [6.07, 6.45) is 12.0. The van der Waals surface area contributed by atoms with E-state index in [1.54, 1.807) is 0 Å². The van der Waals surface area contributed by atoms with Crippen molar-refractivity contribution in [1.29, 1.82) is 0 Å². The van der Waals surface area contributed by atoms with Crippen LogP contribution in [0.3, 0.4) is 0 Å². The summed E-state index contributed by atoms with van der Waals surface area (Å²) in [5, 5.41) is 0. The number of amides is 2. The summed E-state index contributed by atoms with van der Waals surface area (Å²) in [5.74, 6) is 0.986. The van der Waals surface area contributed by atoms with E-state index in [-0.39, 0.29) is 11.8 Å². The molecule has 4 fully saturated rings. The summed E-state index contributed by atoms with van der Waals surface area (Å²) in [6, 6.07) is 0. The number of likely N-dealkylation sites (tertiary alicyclic amines) is 2. The van der Waals surface area contributed by atoms with Crippen LogP contribution in [-0.4, -0.2) is 47.8 Å². The minimum absolute atomic E-state index is 0.0604. The van der Waals surface area contributed by atoms with Gasteiger partial charge in [-0.25, -0.2) is 0 Å². The Kier molecular flexibility index (Phi) is 4.10. The first kappa shape index (κ1) is 15.5. The van der Waals surface area contributed by atoms with Crippen LogP contribution >= 0.6 is 0 Å². The molecule has 1 unspecified atom stereocenters. The first-order valence-corrected chi connectivity index (χ1v) is 9.74. The van der Waals surface area contributed by atoms with Crippen LogP contribution in [0.4, 0.5) is 0 Å². The van der Waals surface area contributed by atoms with Crippen LogP contribution in [0.1, 0.15) is 64.2 Å². The summed E-state index contributed by atoms with van der Waals surface area (Å²) in [7, 11) is 0. The molecular weight excluding hydrogens is 288 g/mol. The molecule has 2 aliphatic heterocycles. The van der Waals surface area contributed by atoms with Crippen molar-refractivity contribution in [2.75, 3.05) is 26.2 Å². The average molecular weight is 318 g/mol. The van der Waals surface area contributed by atoms with Gasteiger partial charge in [0.05, 0.1) is 5.92 Å². The monoisotopic (exact) mass is 318 g/mol. The molecule has 4 aliphatic rings. The highest BCUT2D eigenvalue weighted by Crippen LogP contribution is 2.44. The van der Waals surface area contributed by atoms with Crippen molar-refractivity contribution in [1.82, 2.24) is 9.80 Å². The fraction of sp³-hybridized carbons (Fsp3) is 0.895. The molecule has 0 N–H and O–H groups in total. The molecule has 2 saturated heterocycles. The lowest BCUT2D eigenvalue weighted by atomic mass is 9.73. The van der Waals surface area contributed by atoms with Crippen LogP contribution in [0.15, 0.2) is 0 Å². The van der Waals surface area contributed by atoms with Gasteiger partial charge in [-0.3, -0.25) is 9.59 Å². The minimum Gasteiger partial charge on any atom is -0.342 e. The van der Waals surface area contributed by atoms with E-state index in [0.717, 1.165) is 45.3 Å². The molecule has 0 aromatic carbocycles. The molecule has 4 heteroatoms. The fourth-order valence-corrected chi connectivity index (χ4v) is 5.06. The molecule has 2 heterocycles. The van der Waals surface area contributed by atoms with Gasteiger partial charge in [0.15, 0.2) is 0 Å². The summed E-state index contributed by atoms with van der Waals surface area (Å²) in [5.41, 5.74) is 0.437. The van der Waals surface area contributed by atoms with E-state index >= 15 is 0 Å². The number of carbonyl (C=O) groups is 2. The third-order valence-corrected chi connectivity index (χ3v) is 6.67. The van der Waals surface area contributed by atoms with Gasteiger partial charge in [0.25, 0.3) is 0 Å². The van der Waals surface area contributed by atoms with Gasteiger partial charge in [-0.05, 0) is 50.4 Å². The molecule has 0 aromatic heterocycles. The molecule has 1 atom stereocenters. The lowest BCUT2D eigenvalue weighted by Crippen LogP contribution is -2.47. The second-order valence-electron chi connectivity index (χ2n) is 8.47. The van der Waals surface area contributed by atoms with E-state index in [0.29, 0.717) is 23.8 Å². The normalized spacial score (nSPS) is 30.7. The molecule has 0 bridgehead atoms. The fourth-order valence-electron chi connectivity index (χ4n) is 5.06. The second kappa shape index (κ2) is 6.10. The first-order chi connectivity index (χ1) is 11.2. The highest BCUT2D eigenvalue weighted by Gasteiger charge is 2.43. The average Bonchev–Trinajstić information content (AvgIpc) is 3.37. The second-order valence-corrected chi connectivity index (χ2v) is 8.47. The number of hydrogen-bond donors (Lipinski definition) is 0. The molecule has 4 rings (SSSR count). The highest BCUT2D eigenvalue weighted by atomic mass is 16.2. The van der Waals surface area contributed by atoms with Gasteiger partial charge in [0, 0.05) is 32.1 Å². The quantitative estimate of drug-likeness (QED) is 0.785. The van der Waals surface area contributed by atoms with E-state index in [1.807, 2.05) is 4.90 Å². The lowest BCUT2D eigenvalue weighted by molar-refractivity contribution is -0.141. The number of hydrogen-bond acceptors (Lipinski definition) is 2. The van der Waals surface area contributed by atoms with Gasteiger partial charge in [-0.1, -0.05) is 19.3 Å². The number of rotatable bonds is 2. The molecule has 2 amide bonds. The van der Waals surface area contributed by atoms with Crippen LogP contribution in [0.25, 0.3) is 0 Å². The minimum atomic E-state index is 0.0604. The van der Waals surface area contributed by atoms with E-state index in [4.69, 9.17) is 0 Å². The zero-order chi connectivity index (χ0) is 15.9. The zero-order valence-electron chi connectivity index (χ0n) is 14.3. The molecule has 2 saturated carbocycles. The number of piperidine rings is 1. The Balaban J connectivity index is 1.36. The van der Waals surface area contributed by atoms with Crippen molar-refractivity contribution in [2.45, 2.75) is 64.2 Å². The Morgan fingerprint density at radius 3 is 2.22 bits per heavy atom. The summed E-state index contributed by atoms with van der Waals surface area (Å²) in [4.78, 5) is 29.4. The van der Waals surface area contributed by atoms with E-state index < -0.39 is 0 Å². The maximum absolute atomic E-state index is 13.0. The smallest absolute Gasteiger partial charge is 0.227 e. The third kappa shape index (κ3) is 3.14. The van der Waals surface area contributed by atoms with Crippen LogP contribution < -0.4 is 0 Å². The molecule has 128 valence electrons. The van der Waals surface area contributed by atoms with Crippen LogP contribution in [0, 0.1) is 17.3 Å². The Bertz CT molecular complexity index is 480. The van der Waals surface area contributed by atoms with Crippen molar-refractivity contribution >= 4 is 11.8 Å². The predicted molar refractivity (Wildman–Crippen MR) is 88.7 cm³/mol. The van der Waals surface area contributed by atoms with Gasteiger partial charge in [0.2, 0.25) is 11.8 Å². The lowest BCUT2D eigenvalue weighted by Gasteiger charge is -2.36. The van der Waals surface area contributed by atoms with Crippen LogP contribution in [0.5, 0.6) is 0 Å². The van der Waals surface area contributed by atoms with Crippen molar-refractivity contribution in [3.8, 4) is 0 Å². The Hall–Kier alpha value is -1.06. The molecule has 0 aromatic rings. The van der Waals surface area contributed by atoms with Crippen LogP contribution in [-0.2, 0) is 9.59 Å². The molecule has 4 nitrogen and oxygen atoms in total. The van der Waals surface area contributed by atoms with Gasteiger partial charge in [0.1, 0.15) is 0 Å². The zero-order valence-corrected chi connectivity index (χ0v) is 14.3. The molecular formula is C19H30N2O2. The Labute approximate surface area is 139 Å². The van der Waals surface area contributed by atoms with E-state index in [1.165, 1.54) is 38.5 Å². The molecule has 2 aliphatic carbocycles. The summed E-state index contributed by atoms with van der Waals surface area (Å²) >= 11 is 0. The predicted octanol–water partition coefficient (Wildman–Crippen LogP) is 2.82. The van der Waals surface area contributed by atoms with Crippen molar-refractivity contribution in [3.05, 3.63) is 0 Å². The van der Waals surface area contributed by atoms with Gasteiger partial charge in [-0.15, -0.1) is 0 Å². The van der Waals surface area contributed by atoms with Crippen molar-refractivity contribution in [3.63, 3.8) is 0 Å². The molecule has 0 radical (unpaired) electrons. The van der Waals surface area contributed by atoms with E-state index in [2.05, 4.69) is 4.90 Å². The summed E-state index contributed by atoms with van der Waals surface area (Å²) in [6.45, 7) is 3.48.